The molecule has 1 aliphatic rings. The van der Waals surface area contributed by atoms with Gasteiger partial charge in [-0.2, -0.15) is 0 Å². The number of nitrogens with zero attached hydrogens (tertiary/aromatic N) is 2. The second-order valence-electron chi connectivity index (χ2n) is 3.97. The molecule has 0 amide bonds. The summed E-state index contributed by atoms with van der Waals surface area (Å²) in [5.41, 5.74) is 6.55. The quantitative estimate of drug-likeness (QED) is 0.760. The molecule has 0 unspecified atom stereocenters. The summed E-state index contributed by atoms with van der Waals surface area (Å²) in [4.78, 5) is 4.08. The first-order valence-corrected chi connectivity index (χ1v) is 5.64. The summed E-state index contributed by atoms with van der Waals surface area (Å²) in [5, 5.41) is 9.00. The third-order valence-corrected chi connectivity index (χ3v) is 3.07. The Kier molecular flexibility index (Phi) is 3.22. The van der Waals surface area contributed by atoms with E-state index in [-0.39, 0.29) is 18.9 Å². The lowest BCUT2D eigenvalue weighted by Gasteiger charge is -2.16. The highest BCUT2D eigenvalue weighted by molar-refractivity contribution is 7.71. The Balaban J connectivity index is 2.28. The predicted molar refractivity (Wildman–Crippen MR) is 62.4 cm³/mol. The number of aryl methyl sites for hydroxylation is 1. The van der Waals surface area contributed by atoms with Crippen molar-refractivity contribution in [2.24, 2.45) is 0 Å². The summed E-state index contributed by atoms with van der Waals surface area (Å²) in [6.07, 6.45) is 3.31. The lowest BCUT2D eigenvalue weighted by Crippen LogP contribution is -2.16. The van der Waals surface area contributed by atoms with Gasteiger partial charge in [-0.15, -0.1) is 0 Å². The second kappa shape index (κ2) is 4.48. The molecule has 88 valence electrons. The number of rotatable bonds is 2. The van der Waals surface area contributed by atoms with Crippen LogP contribution in [-0.4, -0.2) is 27.4 Å². The zero-order valence-electron chi connectivity index (χ0n) is 9.09. The number of nitrogens with two attached hydrogens (primary N) is 1. The minimum absolute atomic E-state index is 0.0468. The maximum absolute atomic E-state index is 9.00. The van der Waals surface area contributed by atoms with Gasteiger partial charge in [-0.25, -0.2) is 4.98 Å². The highest BCUT2D eigenvalue weighted by Crippen LogP contribution is 2.28. The number of nitrogen functional groups attached to an aromatic ring is 1. The van der Waals surface area contributed by atoms with Gasteiger partial charge in [-0.05, 0) is 32.0 Å². The van der Waals surface area contributed by atoms with Gasteiger partial charge in [0.1, 0.15) is 12.0 Å². The van der Waals surface area contributed by atoms with E-state index in [9.17, 15) is 0 Å². The normalized spacial score (nSPS) is 24.9. The topological polar surface area (TPSA) is 73.3 Å². The Morgan fingerprint density at radius 3 is 3.06 bits per heavy atom. The van der Waals surface area contributed by atoms with Crippen molar-refractivity contribution >= 4 is 18.0 Å². The summed E-state index contributed by atoms with van der Waals surface area (Å²) in [6, 6.07) is 0. The van der Waals surface area contributed by atoms with Gasteiger partial charge < -0.3 is 15.6 Å². The van der Waals surface area contributed by atoms with E-state index >= 15 is 0 Å². The van der Waals surface area contributed by atoms with Crippen LogP contribution >= 0.6 is 12.2 Å². The van der Waals surface area contributed by atoms with Gasteiger partial charge in [0.25, 0.3) is 0 Å². The summed E-state index contributed by atoms with van der Waals surface area (Å²) >= 11 is 5.14. The van der Waals surface area contributed by atoms with E-state index in [2.05, 4.69) is 4.98 Å². The van der Waals surface area contributed by atoms with Crippen LogP contribution in [0, 0.1) is 11.7 Å². The highest BCUT2D eigenvalue weighted by atomic mass is 32.1. The van der Waals surface area contributed by atoms with Gasteiger partial charge in [-0.3, -0.25) is 4.57 Å². The molecule has 0 radical (unpaired) electrons. The van der Waals surface area contributed by atoms with E-state index in [1.165, 1.54) is 0 Å². The van der Waals surface area contributed by atoms with Gasteiger partial charge in [0.15, 0.2) is 0 Å². The fraction of sp³-hybridized carbons (Fsp3) is 0.600. The monoisotopic (exact) mass is 241 g/mol. The molecule has 5 nitrogen and oxygen atoms in total. The molecule has 2 heterocycles. The van der Waals surface area contributed by atoms with E-state index in [0.717, 1.165) is 18.4 Å². The maximum Gasteiger partial charge on any atom is 0.203 e. The number of aliphatic hydroxyl groups excluding tert-OH is 1. The van der Waals surface area contributed by atoms with E-state index < -0.39 is 0 Å². The number of ether oxygens (including phenoxy) is 1. The van der Waals surface area contributed by atoms with Crippen molar-refractivity contribution in [2.45, 2.75) is 32.1 Å². The molecule has 0 bridgehead atoms. The SMILES string of the molecule is Cc1cn([C@H]2CC[C@@H](CO)O2)c(=S)nc1N. The van der Waals surface area contributed by atoms with Crippen LogP contribution in [0.3, 0.4) is 0 Å². The molecule has 2 rings (SSSR count). The van der Waals surface area contributed by atoms with E-state index in [0.29, 0.717) is 10.6 Å². The number of aliphatic hydroxyl groups is 1. The number of aromatic nitrogens is 2. The van der Waals surface area contributed by atoms with Crippen LogP contribution in [0.2, 0.25) is 0 Å². The van der Waals surface area contributed by atoms with Crippen molar-refractivity contribution in [3.05, 3.63) is 16.5 Å². The molecule has 0 spiro atoms. The average Bonchev–Trinajstić information content (AvgIpc) is 2.71. The van der Waals surface area contributed by atoms with Crippen molar-refractivity contribution in [3.8, 4) is 0 Å². The van der Waals surface area contributed by atoms with Gasteiger partial charge in [0.05, 0.1) is 12.7 Å². The molecule has 3 N–H and O–H groups in total. The van der Waals surface area contributed by atoms with Crippen LogP contribution in [-0.2, 0) is 4.74 Å². The van der Waals surface area contributed by atoms with Crippen LogP contribution in [0.25, 0.3) is 0 Å². The van der Waals surface area contributed by atoms with Crippen LogP contribution in [0.5, 0.6) is 0 Å². The Morgan fingerprint density at radius 2 is 2.44 bits per heavy atom. The lowest BCUT2D eigenvalue weighted by atomic mass is 10.2. The van der Waals surface area contributed by atoms with Crippen molar-refractivity contribution in [2.75, 3.05) is 12.3 Å². The second-order valence-corrected chi connectivity index (χ2v) is 4.34. The Morgan fingerprint density at radius 1 is 1.69 bits per heavy atom. The fourth-order valence-electron chi connectivity index (χ4n) is 1.81. The van der Waals surface area contributed by atoms with Crippen LogP contribution < -0.4 is 5.73 Å². The molecule has 1 aliphatic heterocycles. The molecule has 6 heteroatoms. The van der Waals surface area contributed by atoms with Crippen molar-refractivity contribution < 1.29 is 9.84 Å². The molecule has 16 heavy (non-hydrogen) atoms. The predicted octanol–water partition coefficient (Wildman–Crippen LogP) is 1.17. The van der Waals surface area contributed by atoms with Crippen LogP contribution in [0.4, 0.5) is 5.82 Å². The Labute approximate surface area is 98.9 Å². The average molecular weight is 241 g/mol. The van der Waals surface area contributed by atoms with Gasteiger partial charge in [0, 0.05) is 11.8 Å². The molecule has 1 fully saturated rings. The first kappa shape index (κ1) is 11.5. The van der Waals surface area contributed by atoms with E-state index in [4.69, 9.17) is 27.8 Å². The van der Waals surface area contributed by atoms with Crippen molar-refractivity contribution in [1.29, 1.82) is 0 Å². The molecule has 1 saturated heterocycles. The number of hydrogen-bond donors (Lipinski definition) is 2. The number of anilines is 1. The summed E-state index contributed by atoms with van der Waals surface area (Å²) in [7, 11) is 0. The molecule has 1 aromatic heterocycles. The van der Waals surface area contributed by atoms with Gasteiger partial charge in [-0.1, -0.05) is 0 Å². The van der Waals surface area contributed by atoms with Crippen molar-refractivity contribution in [3.63, 3.8) is 0 Å². The first-order chi connectivity index (χ1) is 7.61. The molecular formula is C10H15N3O2S. The third kappa shape index (κ3) is 2.09. The molecule has 0 aromatic carbocycles. The lowest BCUT2D eigenvalue weighted by molar-refractivity contribution is -0.0237. The van der Waals surface area contributed by atoms with Crippen molar-refractivity contribution in [1.82, 2.24) is 9.55 Å². The molecule has 0 saturated carbocycles. The Hall–Kier alpha value is -0.980. The minimum Gasteiger partial charge on any atom is -0.394 e. The summed E-state index contributed by atoms with van der Waals surface area (Å²) in [5.74, 6) is 0.456. The smallest absolute Gasteiger partial charge is 0.203 e. The van der Waals surface area contributed by atoms with Gasteiger partial charge in [0.2, 0.25) is 4.77 Å². The van der Waals surface area contributed by atoms with E-state index in [1.54, 1.807) is 4.57 Å². The van der Waals surface area contributed by atoms with Crippen LogP contribution in [0.15, 0.2) is 6.20 Å². The van der Waals surface area contributed by atoms with E-state index in [1.807, 2.05) is 13.1 Å². The third-order valence-electron chi connectivity index (χ3n) is 2.77. The molecule has 1 aromatic rings. The highest BCUT2D eigenvalue weighted by Gasteiger charge is 2.26. The minimum atomic E-state index is -0.128. The summed E-state index contributed by atoms with van der Waals surface area (Å²) < 4.78 is 7.86. The van der Waals surface area contributed by atoms with Crippen LogP contribution in [0.1, 0.15) is 24.6 Å². The molecule has 0 aliphatic carbocycles. The zero-order chi connectivity index (χ0) is 11.7. The fourth-order valence-corrected chi connectivity index (χ4v) is 2.08. The summed E-state index contributed by atoms with van der Waals surface area (Å²) in [6.45, 7) is 1.93. The Bertz CT molecular complexity index is 446. The number of hydrogen-bond acceptors (Lipinski definition) is 5. The first-order valence-electron chi connectivity index (χ1n) is 5.23. The standard InChI is InChI=1S/C10H15N3O2S/c1-6-4-13(10(16)12-9(6)11)8-3-2-7(5-14)15-8/h4,7-8,14H,2-3,5H2,1H3,(H2,11,12,16)/t7-,8+/m0/s1. The molecule has 2 atom stereocenters. The molecular weight excluding hydrogens is 226 g/mol. The maximum atomic E-state index is 9.00. The zero-order valence-corrected chi connectivity index (χ0v) is 9.91. The van der Waals surface area contributed by atoms with Gasteiger partial charge >= 0.3 is 0 Å². The largest absolute Gasteiger partial charge is 0.394 e.